The standard InChI is InChI=1S/C9H20O3Si/c1-13(2,3)12-8-9(10)6-4-5-7-11-9/h10H,4-8H2,1-3H3. The highest BCUT2D eigenvalue weighted by Crippen LogP contribution is 2.23. The van der Waals surface area contributed by atoms with Crippen LogP contribution in [0.4, 0.5) is 0 Å². The maximum atomic E-state index is 9.91. The second-order valence-corrected chi connectivity index (χ2v) is 9.17. The van der Waals surface area contributed by atoms with Crippen LogP contribution in [0.25, 0.3) is 0 Å². The first-order valence-corrected chi connectivity index (χ1v) is 8.32. The Morgan fingerprint density at radius 3 is 2.54 bits per heavy atom. The van der Waals surface area contributed by atoms with Crippen molar-refractivity contribution >= 4 is 8.32 Å². The summed E-state index contributed by atoms with van der Waals surface area (Å²) in [6, 6.07) is 0. The van der Waals surface area contributed by atoms with Crippen molar-refractivity contribution in [2.24, 2.45) is 0 Å². The predicted molar refractivity (Wildman–Crippen MR) is 54.1 cm³/mol. The molecule has 4 heteroatoms. The lowest BCUT2D eigenvalue weighted by Gasteiger charge is -2.34. The molecule has 1 aliphatic heterocycles. The number of hydrogen-bond donors (Lipinski definition) is 1. The Bertz CT molecular complexity index is 159. The summed E-state index contributed by atoms with van der Waals surface area (Å²) < 4.78 is 10.9. The minimum atomic E-state index is -1.53. The highest BCUT2D eigenvalue weighted by molar-refractivity contribution is 6.69. The third kappa shape index (κ3) is 4.22. The van der Waals surface area contributed by atoms with E-state index in [0.717, 1.165) is 12.8 Å². The second-order valence-electron chi connectivity index (χ2n) is 4.65. The molecule has 1 saturated heterocycles. The molecule has 0 aliphatic carbocycles. The van der Waals surface area contributed by atoms with E-state index in [1.807, 2.05) is 0 Å². The Balaban J connectivity index is 2.33. The van der Waals surface area contributed by atoms with E-state index in [4.69, 9.17) is 9.16 Å². The minimum absolute atomic E-state index is 0.336. The lowest BCUT2D eigenvalue weighted by Crippen LogP contribution is -2.44. The fourth-order valence-corrected chi connectivity index (χ4v) is 1.94. The molecule has 13 heavy (non-hydrogen) atoms. The highest BCUT2D eigenvalue weighted by atomic mass is 28.4. The topological polar surface area (TPSA) is 38.7 Å². The molecule has 0 aromatic heterocycles. The van der Waals surface area contributed by atoms with Crippen LogP contribution in [-0.2, 0) is 9.16 Å². The molecule has 0 spiro atoms. The van der Waals surface area contributed by atoms with Gasteiger partial charge in [-0.25, -0.2) is 0 Å². The van der Waals surface area contributed by atoms with Crippen molar-refractivity contribution < 1.29 is 14.3 Å². The number of ether oxygens (including phenoxy) is 1. The molecule has 78 valence electrons. The lowest BCUT2D eigenvalue weighted by atomic mass is 10.1. The molecular weight excluding hydrogens is 184 g/mol. The summed E-state index contributed by atoms with van der Waals surface area (Å²) in [6.07, 6.45) is 2.79. The first kappa shape index (κ1) is 11.2. The zero-order valence-electron chi connectivity index (χ0n) is 8.80. The molecular formula is C9H20O3Si. The third-order valence-corrected chi connectivity index (χ3v) is 3.07. The molecule has 0 radical (unpaired) electrons. The van der Waals surface area contributed by atoms with Crippen molar-refractivity contribution in [2.45, 2.75) is 44.7 Å². The van der Waals surface area contributed by atoms with Gasteiger partial charge in [-0.15, -0.1) is 0 Å². The molecule has 3 nitrogen and oxygen atoms in total. The van der Waals surface area contributed by atoms with Gasteiger partial charge in [-0.3, -0.25) is 0 Å². The lowest BCUT2D eigenvalue weighted by molar-refractivity contribution is -0.239. The van der Waals surface area contributed by atoms with Crippen LogP contribution in [0, 0.1) is 0 Å². The zero-order valence-corrected chi connectivity index (χ0v) is 9.80. The molecule has 0 aromatic rings. The summed E-state index contributed by atoms with van der Waals surface area (Å²) in [7, 11) is -1.53. The third-order valence-electron chi connectivity index (χ3n) is 2.06. The van der Waals surface area contributed by atoms with Gasteiger partial charge in [0.1, 0.15) is 0 Å². The molecule has 0 saturated carbocycles. The SMILES string of the molecule is C[Si](C)(C)OCC1(O)CCCCO1. The van der Waals surface area contributed by atoms with Crippen LogP contribution in [0.3, 0.4) is 0 Å². The number of rotatable bonds is 3. The summed E-state index contributed by atoms with van der Waals surface area (Å²) in [5.74, 6) is -1.00. The first-order chi connectivity index (χ1) is 5.91. The van der Waals surface area contributed by atoms with Crippen LogP contribution in [-0.4, -0.2) is 32.4 Å². The first-order valence-electron chi connectivity index (χ1n) is 4.92. The zero-order chi connectivity index (χ0) is 9.95. The van der Waals surface area contributed by atoms with E-state index in [-0.39, 0.29) is 0 Å². The van der Waals surface area contributed by atoms with E-state index in [0.29, 0.717) is 19.6 Å². The minimum Gasteiger partial charge on any atom is -0.412 e. The Morgan fingerprint density at radius 1 is 1.38 bits per heavy atom. The van der Waals surface area contributed by atoms with Gasteiger partial charge >= 0.3 is 0 Å². The van der Waals surface area contributed by atoms with Gasteiger partial charge in [0, 0.05) is 6.42 Å². The van der Waals surface area contributed by atoms with E-state index in [1.54, 1.807) is 0 Å². The van der Waals surface area contributed by atoms with Crippen LogP contribution in [0.5, 0.6) is 0 Å². The maximum Gasteiger partial charge on any atom is 0.187 e. The van der Waals surface area contributed by atoms with Crippen molar-refractivity contribution in [3.63, 3.8) is 0 Å². The van der Waals surface area contributed by atoms with Crippen LogP contribution in [0.1, 0.15) is 19.3 Å². The molecule has 0 aromatic carbocycles. The van der Waals surface area contributed by atoms with Crippen molar-refractivity contribution in [2.75, 3.05) is 13.2 Å². The van der Waals surface area contributed by atoms with Gasteiger partial charge in [-0.05, 0) is 32.5 Å². The average molecular weight is 204 g/mol. The van der Waals surface area contributed by atoms with E-state index in [9.17, 15) is 5.11 Å². The van der Waals surface area contributed by atoms with Crippen molar-refractivity contribution in [3.05, 3.63) is 0 Å². The quantitative estimate of drug-likeness (QED) is 0.712. The highest BCUT2D eigenvalue weighted by Gasteiger charge is 2.32. The van der Waals surface area contributed by atoms with Gasteiger partial charge in [0.25, 0.3) is 0 Å². The Labute approximate surface area is 81.2 Å². The van der Waals surface area contributed by atoms with Crippen molar-refractivity contribution in [1.82, 2.24) is 0 Å². The van der Waals surface area contributed by atoms with E-state index in [2.05, 4.69) is 19.6 Å². The molecule has 1 N–H and O–H groups in total. The van der Waals surface area contributed by atoms with Crippen molar-refractivity contribution in [3.8, 4) is 0 Å². The fourth-order valence-electron chi connectivity index (χ4n) is 1.28. The number of hydrogen-bond acceptors (Lipinski definition) is 3. The Hall–Kier alpha value is 0.0969. The van der Waals surface area contributed by atoms with Gasteiger partial charge in [-0.1, -0.05) is 0 Å². The Morgan fingerprint density at radius 2 is 2.08 bits per heavy atom. The largest absolute Gasteiger partial charge is 0.412 e. The Kier molecular flexibility index (Phi) is 3.51. The van der Waals surface area contributed by atoms with Gasteiger partial charge in [0.05, 0.1) is 13.2 Å². The van der Waals surface area contributed by atoms with E-state index >= 15 is 0 Å². The molecule has 1 unspecified atom stereocenters. The summed E-state index contributed by atoms with van der Waals surface area (Å²) in [6.45, 7) is 7.33. The summed E-state index contributed by atoms with van der Waals surface area (Å²) in [5, 5.41) is 9.91. The second kappa shape index (κ2) is 4.08. The van der Waals surface area contributed by atoms with Crippen LogP contribution >= 0.6 is 0 Å². The number of aliphatic hydroxyl groups is 1. The smallest absolute Gasteiger partial charge is 0.187 e. The van der Waals surface area contributed by atoms with Crippen LogP contribution in [0.15, 0.2) is 0 Å². The maximum absolute atomic E-state index is 9.91. The van der Waals surface area contributed by atoms with Gasteiger partial charge in [0.2, 0.25) is 0 Å². The van der Waals surface area contributed by atoms with Gasteiger partial charge in [0.15, 0.2) is 14.1 Å². The molecule has 0 bridgehead atoms. The summed E-state index contributed by atoms with van der Waals surface area (Å²) in [5.41, 5.74) is 0. The monoisotopic (exact) mass is 204 g/mol. The average Bonchev–Trinajstić information content (AvgIpc) is 2.02. The summed E-state index contributed by atoms with van der Waals surface area (Å²) in [4.78, 5) is 0. The summed E-state index contributed by atoms with van der Waals surface area (Å²) >= 11 is 0. The van der Waals surface area contributed by atoms with E-state index in [1.165, 1.54) is 0 Å². The molecule has 1 heterocycles. The molecule has 1 rings (SSSR count). The van der Waals surface area contributed by atoms with Crippen molar-refractivity contribution in [1.29, 1.82) is 0 Å². The van der Waals surface area contributed by atoms with Crippen LogP contribution in [0.2, 0.25) is 19.6 Å². The van der Waals surface area contributed by atoms with Gasteiger partial charge in [-0.2, -0.15) is 0 Å². The van der Waals surface area contributed by atoms with Crippen LogP contribution < -0.4 is 0 Å². The molecule has 1 fully saturated rings. The van der Waals surface area contributed by atoms with Gasteiger partial charge < -0.3 is 14.3 Å². The fraction of sp³-hybridized carbons (Fsp3) is 1.00. The molecule has 1 aliphatic rings. The van der Waals surface area contributed by atoms with E-state index < -0.39 is 14.1 Å². The predicted octanol–water partition coefficient (Wildman–Crippen LogP) is 1.73. The normalized spacial score (nSPS) is 30.5. The molecule has 0 amide bonds. The molecule has 1 atom stereocenters.